The van der Waals surface area contributed by atoms with Gasteiger partial charge in [-0.2, -0.15) is 4.31 Å². The second-order valence-electron chi connectivity index (χ2n) is 9.43. The molecule has 34 heavy (non-hydrogen) atoms. The second kappa shape index (κ2) is 11.0. The van der Waals surface area contributed by atoms with Gasteiger partial charge in [-0.05, 0) is 49.6 Å². The highest BCUT2D eigenvalue weighted by molar-refractivity contribution is 7.89. The number of hydrogen-bond acceptors (Lipinski definition) is 5. The molecule has 2 aliphatic rings. The van der Waals surface area contributed by atoms with E-state index < -0.39 is 10.0 Å². The van der Waals surface area contributed by atoms with Crippen LogP contribution in [-0.4, -0.2) is 62.4 Å². The SMILES string of the molecule is CC1CN(CC(=O)Nc2ccc(S(=O)(=O)N(C)C3CCCCC3)cc2)CC(c2ccccc2)O1. The summed E-state index contributed by atoms with van der Waals surface area (Å²) in [6.45, 7) is 3.60. The first-order valence-corrected chi connectivity index (χ1v) is 13.6. The Kier molecular flexibility index (Phi) is 8.03. The normalized spacial score (nSPS) is 22.6. The third-order valence-electron chi connectivity index (χ3n) is 6.78. The lowest BCUT2D eigenvalue weighted by molar-refractivity contribution is -0.122. The van der Waals surface area contributed by atoms with Crippen LogP contribution in [0, 0.1) is 0 Å². The molecule has 1 heterocycles. The third-order valence-corrected chi connectivity index (χ3v) is 8.70. The van der Waals surface area contributed by atoms with Crippen LogP contribution in [0.25, 0.3) is 0 Å². The van der Waals surface area contributed by atoms with E-state index in [1.807, 2.05) is 37.3 Å². The minimum Gasteiger partial charge on any atom is -0.368 e. The quantitative estimate of drug-likeness (QED) is 0.640. The monoisotopic (exact) mass is 485 g/mol. The van der Waals surface area contributed by atoms with E-state index in [1.165, 1.54) is 10.7 Å². The highest BCUT2D eigenvalue weighted by Gasteiger charge is 2.29. The molecule has 2 fully saturated rings. The zero-order valence-corrected chi connectivity index (χ0v) is 20.8. The molecule has 1 saturated heterocycles. The summed E-state index contributed by atoms with van der Waals surface area (Å²) >= 11 is 0. The molecular formula is C26H35N3O4S. The first-order valence-electron chi connectivity index (χ1n) is 12.1. The van der Waals surface area contributed by atoms with E-state index in [-0.39, 0.29) is 35.6 Å². The van der Waals surface area contributed by atoms with Crippen molar-refractivity contribution in [3.63, 3.8) is 0 Å². The van der Waals surface area contributed by atoms with Crippen molar-refractivity contribution in [2.24, 2.45) is 0 Å². The fraction of sp³-hybridized carbons (Fsp3) is 0.500. The molecule has 2 unspecified atom stereocenters. The maximum Gasteiger partial charge on any atom is 0.243 e. The molecule has 0 aromatic heterocycles. The average Bonchev–Trinajstić information content (AvgIpc) is 2.84. The van der Waals surface area contributed by atoms with E-state index in [4.69, 9.17) is 4.74 Å². The number of benzene rings is 2. The summed E-state index contributed by atoms with van der Waals surface area (Å²) in [5, 5.41) is 2.90. The van der Waals surface area contributed by atoms with Gasteiger partial charge in [-0.3, -0.25) is 9.69 Å². The van der Waals surface area contributed by atoms with Crippen LogP contribution in [0.1, 0.15) is 50.7 Å². The van der Waals surface area contributed by atoms with Crippen LogP contribution in [0.15, 0.2) is 59.5 Å². The molecule has 2 atom stereocenters. The number of anilines is 1. The Morgan fingerprint density at radius 2 is 1.71 bits per heavy atom. The van der Waals surface area contributed by atoms with E-state index in [0.29, 0.717) is 18.8 Å². The molecule has 1 saturated carbocycles. The van der Waals surface area contributed by atoms with Crippen molar-refractivity contribution >= 4 is 21.6 Å². The smallest absolute Gasteiger partial charge is 0.243 e. The Hall–Kier alpha value is -2.26. The molecule has 0 radical (unpaired) electrons. The number of carbonyl (C=O) groups is 1. The molecule has 2 aromatic carbocycles. The van der Waals surface area contributed by atoms with Crippen molar-refractivity contribution in [2.75, 3.05) is 32.0 Å². The predicted octanol–water partition coefficient (Wildman–Crippen LogP) is 4.04. The summed E-state index contributed by atoms with van der Waals surface area (Å²) in [7, 11) is -1.87. The lowest BCUT2D eigenvalue weighted by atomic mass is 9.96. The van der Waals surface area contributed by atoms with Crippen LogP contribution in [0.3, 0.4) is 0 Å². The molecule has 184 valence electrons. The predicted molar refractivity (Wildman–Crippen MR) is 133 cm³/mol. The molecule has 4 rings (SSSR count). The van der Waals surface area contributed by atoms with Gasteiger partial charge >= 0.3 is 0 Å². The third kappa shape index (κ3) is 6.05. The van der Waals surface area contributed by atoms with Gasteiger partial charge in [-0.1, -0.05) is 49.6 Å². The summed E-state index contributed by atoms with van der Waals surface area (Å²) in [5.74, 6) is -0.129. The number of nitrogens with one attached hydrogen (secondary N) is 1. The van der Waals surface area contributed by atoms with Gasteiger partial charge in [0.1, 0.15) is 0 Å². The largest absolute Gasteiger partial charge is 0.368 e. The molecule has 8 heteroatoms. The highest BCUT2D eigenvalue weighted by Crippen LogP contribution is 2.27. The topological polar surface area (TPSA) is 79.0 Å². The van der Waals surface area contributed by atoms with Gasteiger partial charge in [0, 0.05) is 31.9 Å². The van der Waals surface area contributed by atoms with Gasteiger partial charge in [0.25, 0.3) is 0 Å². The summed E-state index contributed by atoms with van der Waals surface area (Å²) < 4.78 is 33.6. The van der Waals surface area contributed by atoms with Gasteiger partial charge in [-0.25, -0.2) is 8.42 Å². The van der Waals surface area contributed by atoms with Gasteiger partial charge in [0.05, 0.1) is 23.6 Å². The Labute approximate surface area is 203 Å². The standard InChI is InChI=1S/C26H35N3O4S/c1-20-17-29(18-25(33-20)21-9-5-3-6-10-21)19-26(30)27-22-13-15-24(16-14-22)34(31,32)28(2)23-11-7-4-8-12-23/h3,5-6,9-10,13-16,20,23,25H,4,7-8,11-12,17-19H2,1-2H3,(H,27,30). The van der Waals surface area contributed by atoms with Crippen LogP contribution in [0.5, 0.6) is 0 Å². The molecule has 7 nitrogen and oxygen atoms in total. The summed E-state index contributed by atoms with van der Waals surface area (Å²) in [6.07, 6.45) is 5.10. The van der Waals surface area contributed by atoms with E-state index >= 15 is 0 Å². The van der Waals surface area contributed by atoms with Crippen molar-refractivity contribution in [3.8, 4) is 0 Å². The maximum absolute atomic E-state index is 13.0. The zero-order chi connectivity index (χ0) is 24.1. The Morgan fingerprint density at radius 3 is 2.38 bits per heavy atom. The molecule has 0 bridgehead atoms. The van der Waals surface area contributed by atoms with Crippen molar-refractivity contribution in [1.82, 2.24) is 9.21 Å². The molecular weight excluding hydrogens is 450 g/mol. The van der Waals surface area contributed by atoms with E-state index in [2.05, 4.69) is 10.2 Å². The van der Waals surface area contributed by atoms with Gasteiger partial charge in [-0.15, -0.1) is 0 Å². The van der Waals surface area contributed by atoms with E-state index in [1.54, 1.807) is 31.3 Å². The van der Waals surface area contributed by atoms with Crippen molar-refractivity contribution in [1.29, 1.82) is 0 Å². The number of ether oxygens (including phenoxy) is 1. The molecule has 1 aliphatic heterocycles. The summed E-state index contributed by atoms with van der Waals surface area (Å²) in [6, 6.07) is 16.6. The highest BCUT2D eigenvalue weighted by atomic mass is 32.2. The average molecular weight is 486 g/mol. The number of hydrogen-bond donors (Lipinski definition) is 1. The number of morpholine rings is 1. The first-order chi connectivity index (χ1) is 16.3. The van der Waals surface area contributed by atoms with Gasteiger partial charge in [0.15, 0.2) is 0 Å². The summed E-state index contributed by atoms with van der Waals surface area (Å²) in [4.78, 5) is 15.1. The van der Waals surface area contributed by atoms with Crippen molar-refractivity contribution in [3.05, 3.63) is 60.2 Å². The van der Waals surface area contributed by atoms with Gasteiger partial charge < -0.3 is 10.1 Å². The Morgan fingerprint density at radius 1 is 1.03 bits per heavy atom. The zero-order valence-electron chi connectivity index (χ0n) is 20.0. The fourth-order valence-corrected chi connectivity index (χ4v) is 6.36. The summed E-state index contributed by atoms with van der Waals surface area (Å²) in [5.41, 5.74) is 1.69. The van der Waals surface area contributed by atoms with Crippen molar-refractivity contribution in [2.45, 2.75) is 62.2 Å². The minimum absolute atomic E-state index is 0.0254. The van der Waals surface area contributed by atoms with Crippen LogP contribution in [-0.2, 0) is 19.6 Å². The molecule has 0 spiro atoms. The van der Waals surface area contributed by atoms with Crippen LogP contribution >= 0.6 is 0 Å². The number of amides is 1. The molecule has 1 amide bonds. The fourth-order valence-electron chi connectivity index (χ4n) is 4.94. The lowest BCUT2D eigenvalue weighted by Crippen LogP contribution is -2.46. The number of sulfonamides is 1. The number of nitrogens with zero attached hydrogens (tertiary/aromatic N) is 2. The lowest BCUT2D eigenvalue weighted by Gasteiger charge is -2.36. The van der Waals surface area contributed by atoms with Crippen LogP contribution in [0.2, 0.25) is 0 Å². The van der Waals surface area contributed by atoms with Crippen LogP contribution in [0.4, 0.5) is 5.69 Å². The number of carbonyl (C=O) groups excluding carboxylic acids is 1. The minimum atomic E-state index is -3.55. The van der Waals surface area contributed by atoms with Gasteiger partial charge in [0.2, 0.25) is 15.9 Å². The van der Waals surface area contributed by atoms with E-state index in [0.717, 1.165) is 31.2 Å². The second-order valence-corrected chi connectivity index (χ2v) is 11.4. The molecule has 2 aromatic rings. The van der Waals surface area contributed by atoms with Crippen molar-refractivity contribution < 1.29 is 17.9 Å². The van der Waals surface area contributed by atoms with Crippen LogP contribution < -0.4 is 5.32 Å². The Balaban J connectivity index is 1.34. The Bertz CT molecular complexity index is 1050. The van der Waals surface area contributed by atoms with E-state index in [9.17, 15) is 13.2 Å². The molecule has 1 N–H and O–H groups in total. The maximum atomic E-state index is 13.0. The first kappa shape index (κ1) is 24.9. The molecule has 1 aliphatic carbocycles. The number of rotatable bonds is 7.